The van der Waals surface area contributed by atoms with E-state index >= 15 is 0 Å². The average Bonchev–Trinajstić information content (AvgIpc) is 3.04. The van der Waals surface area contributed by atoms with Gasteiger partial charge in [0.05, 0.1) is 30.3 Å². The highest BCUT2D eigenvalue weighted by molar-refractivity contribution is 6.21. The molecule has 32 heavy (non-hydrogen) atoms. The molecule has 1 saturated heterocycles. The Bertz CT molecular complexity index is 1010. The van der Waals surface area contributed by atoms with E-state index in [0.29, 0.717) is 47.0 Å². The van der Waals surface area contributed by atoms with Crippen molar-refractivity contribution in [3.63, 3.8) is 0 Å². The van der Waals surface area contributed by atoms with Gasteiger partial charge in [0.15, 0.2) is 0 Å². The van der Waals surface area contributed by atoms with Crippen molar-refractivity contribution < 1.29 is 19.1 Å². The lowest BCUT2D eigenvalue weighted by Gasteiger charge is -2.35. The summed E-state index contributed by atoms with van der Waals surface area (Å²) in [6.45, 7) is 8.56. The van der Waals surface area contributed by atoms with Crippen LogP contribution in [0.2, 0.25) is 0 Å². The summed E-state index contributed by atoms with van der Waals surface area (Å²) < 4.78 is 5.44. The number of fused-ring (bicyclic) bond motifs is 1. The highest BCUT2D eigenvalue weighted by atomic mass is 16.5. The van der Waals surface area contributed by atoms with E-state index in [1.54, 1.807) is 42.5 Å². The number of imide groups is 1. The molecule has 1 fully saturated rings. The molecule has 2 aliphatic heterocycles. The van der Waals surface area contributed by atoms with Crippen molar-refractivity contribution in [3.8, 4) is 5.75 Å². The van der Waals surface area contributed by atoms with E-state index in [4.69, 9.17) is 4.74 Å². The van der Waals surface area contributed by atoms with Crippen LogP contribution >= 0.6 is 0 Å². The van der Waals surface area contributed by atoms with Gasteiger partial charge in [0, 0.05) is 32.7 Å². The van der Waals surface area contributed by atoms with Crippen LogP contribution in [0.1, 0.15) is 50.5 Å². The van der Waals surface area contributed by atoms with Crippen LogP contribution in [0.5, 0.6) is 5.75 Å². The zero-order valence-corrected chi connectivity index (χ0v) is 18.8. The smallest absolute Gasteiger partial charge is 0.261 e. The largest absolute Gasteiger partial charge is 0.496 e. The van der Waals surface area contributed by atoms with E-state index in [1.165, 1.54) is 12.0 Å². The Hall–Kier alpha value is -3.19. The Morgan fingerprint density at radius 1 is 0.969 bits per heavy atom. The van der Waals surface area contributed by atoms with Gasteiger partial charge < -0.3 is 9.64 Å². The molecular weight excluding hydrogens is 406 g/mol. The average molecular weight is 436 g/mol. The maximum absolute atomic E-state index is 13.3. The molecule has 2 aliphatic rings. The molecule has 2 aromatic rings. The summed E-state index contributed by atoms with van der Waals surface area (Å²) in [7, 11) is 1.54. The van der Waals surface area contributed by atoms with Gasteiger partial charge in [-0.15, -0.1) is 0 Å². The summed E-state index contributed by atoms with van der Waals surface area (Å²) in [6, 6.07) is 12.1. The van der Waals surface area contributed by atoms with E-state index in [9.17, 15) is 14.4 Å². The molecule has 168 valence electrons. The molecule has 0 saturated carbocycles. The quantitative estimate of drug-likeness (QED) is 0.653. The number of amides is 3. The van der Waals surface area contributed by atoms with Crippen LogP contribution in [0.3, 0.4) is 0 Å². The van der Waals surface area contributed by atoms with Crippen LogP contribution in [0.4, 0.5) is 0 Å². The molecule has 7 nitrogen and oxygen atoms in total. The number of piperazine rings is 1. The topological polar surface area (TPSA) is 70.2 Å². The predicted octanol–water partition coefficient (Wildman–Crippen LogP) is 2.91. The number of hydrogen-bond donors (Lipinski definition) is 0. The van der Waals surface area contributed by atoms with Crippen LogP contribution in [-0.2, 0) is 6.54 Å². The molecule has 0 unspecified atom stereocenters. The first kappa shape index (κ1) is 22.0. The van der Waals surface area contributed by atoms with Gasteiger partial charge in [-0.3, -0.25) is 24.2 Å². The number of carbonyl (C=O) groups is 3. The Morgan fingerprint density at radius 2 is 1.59 bits per heavy atom. The first-order chi connectivity index (χ1) is 15.4. The van der Waals surface area contributed by atoms with E-state index in [1.807, 2.05) is 4.90 Å². The maximum atomic E-state index is 13.3. The number of hydrogen-bond acceptors (Lipinski definition) is 5. The van der Waals surface area contributed by atoms with Crippen LogP contribution in [0, 0.1) is 5.92 Å². The SMILES string of the molecule is COc1ccc(CN2C(=O)c3ccccc3C2=O)cc1C(=O)N1CCN(CC(C)C)CC1. The second kappa shape index (κ2) is 9.12. The van der Waals surface area contributed by atoms with Crippen LogP contribution in [0.25, 0.3) is 0 Å². The first-order valence-corrected chi connectivity index (χ1v) is 11.0. The second-order valence-electron chi connectivity index (χ2n) is 8.76. The number of benzene rings is 2. The van der Waals surface area contributed by atoms with Crippen molar-refractivity contribution in [2.75, 3.05) is 39.8 Å². The second-order valence-corrected chi connectivity index (χ2v) is 8.76. The number of nitrogens with zero attached hydrogens (tertiary/aromatic N) is 3. The minimum absolute atomic E-state index is 0.0877. The summed E-state index contributed by atoms with van der Waals surface area (Å²) in [4.78, 5) is 44.2. The molecule has 7 heteroatoms. The van der Waals surface area contributed by atoms with Gasteiger partial charge in [0.1, 0.15) is 5.75 Å². The zero-order chi connectivity index (χ0) is 22.8. The Balaban J connectivity index is 1.51. The van der Waals surface area contributed by atoms with Crippen LogP contribution in [-0.4, -0.2) is 72.3 Å². The van der Waals surface area contributed by atoms with E-state index in [0.717, 1.165) is 19.6 Å². The van der Waals surface area contributed by atoms with Gasteiger partial charge in [-0.05, 0) is 35.7 Å². The van der Waals surface area contributed by atoms with Gasteiger partial charge in [-0.1, -0.05) is 32.0 Å². The van der Waals surface area contributed by atoms with Crippen molar-refractivity contribution in [3.05, 3.63) is 64.7 Å². The van der Waals surface area contributed by atoms with Crippen molar-refractivity contribution in [1.82, 2.24) is 14.7 Å². The third-order valence-corrected chi connectivity index (χ3v) is 6.00. The van der Waals surface area contributed by atoms with Crippen molar-refractivity contribution in [2.45, 2.75) is 20.4 Å². The van der Waals surface area contributed by atoms with Gasteiger partial charge >= 0.3 is 0 Å². The highest BCUT2D eigenvalue weighted by Crippen LogP contribution is 2.27. The molecule has 0 aliphatic carbocycles. The highest BCUT2D eigenvalue weighted by Gasteiger charge is 2.35. The molecule has 0 aromatic heterocycles. The summed E-state index contributed by atoms with van der Waals surface area (Å²) >= 11 is 0. The molecule has 0 radical (unpaired) electrons. The van der Waals surface area contributed by atoms with E-state index in [-0.39, 0.29) is 24.3 Å². The molecule has 0 spiro atoms. The number of ether oxygens (including phenoxy) is 1. The monoisotopic (exact) mass is 435 g/mol. The van der Waals surface area contributed by atoms with Gasteiger partial charge in [0.25, 0.3) is 17.7 Å². The van der Waals surface area contributed by atoms with E-state index < -0.39 is 0 Å². The lowest BCUT2D eigenvalue weighted by molar-refractivity contribution is 0.0619. The summed E-state index contributed by atoms with van der Waals surface area (Å²) in [5.74, 6) is 0.378. The van der Waals surface area contributed by atoms with Gasteiger partial charge in [-0.2, -0.15) is 0 Å². The summed E-state index contributed by atoms with van der Waals surface area (Å²) in [5, 5.41) is 0. The molecule has 0 bridgehead atoms. The minimum Gasteiger partial charge on any atom is -0.496 e. The Kier molecular flexibility index (Phi) is 6.28. The fourth-order valence-electron chi connectivity index (χ4n) is 4.41. The number of methoxy groups -OCH3 is 1. The van der Waals surface area contributed by atoms with Crippen LogP contribution < -0.4 is 4.74 Å². The summed E-state index contributed by atoms with van der Waals surface area (Å²) in [5.41, 5.74) is 2.00. The van der Waals surface area contributed by atoms with Gasteiger partial charge in [-0.25, -0.2) is 0 Å². The first-order valence-electron chi connectivity index (χ1n) is 11.0. The number of carbonyl (C=O) groups excluding carboxylic acids is 3. The fraction of sp³-hybridized carbons (Fsp3) is 0.400. The normalized spacial score (nSPS) is 16.6. The van der Waals surface area contributed by atoms with E-state index in [2.05, 4.69) is 18.7 Å². The molecule has 2 aromatic carbocycles. The minimum atomic E-state index is -0.310. The predicted molar refractivity (Wildman–Crippen MR) is 121 cm³/mol. The molecule has 3 amide bonds. The zero-order valence-electron chi connectivity index (χ0n) is 18.8. The molecular formula is C25H29N3O4. The molecule has 2 heterocycles. The Morgan fingerprint density at radius 3 is 2.16 bits per heavy atom. The Labute approximate surface area is 188 Å². The van der Waals surface area contributed by atoms with Gasteiger partial charge in [0.2, 0.25) is 0 Å². The molecule has 0 atom stereocenters. The molecule has 0 N–H and O–H groups in total. The third-order valence-electron chi connectivity index (χ3n) is 6.00. The maximum Gasteiger partial charge on any atom is 0.261 e. The van der Waals surface area contributed by atoms with Crippen molar-refractivity contribution in [1.29, 1.82) is 0 Å². The summed E-state index contributed by atoms with van der Waals surface area (Å²) in [6.07, 6.45) is 0. The fourth-order valence-corrected chi connectivity index (χ4v) is 4.41. The number of rotatable bonds is 6. The van der Waals surface area contributed by atoms with Crippen molar-refractivity contribution >= 4 is 17.7 Å². The third kappa shape index (κ3) is 4.25. The lowest BCUT2D eigenvalue weighted by atomic mass is 10.1. The van der Waals surface area contributed by atoms with Crippen molar-refractivity contribution in [2.24, 2.45) is 5.92 Å². The lowest BCUT2D eigenvalue weighted by Crippen LogP contribution is -2.49. The standard InChI is InChI=1S/C25H29N3O4/c1-17(2)15-26-10-12-27(13-11-26)23(29)21-14-18(8-9-22(21)32-3)16-28-24(30)19-6-4-5-7-20(19)25(28)31/h4-9,14,17H,10-13,15-16H2,1-3H3. The molecule has 4 rings (SSSR count). The van der Waals surface area contributed by atoms with Crippen LogP contribution in [0.15, 0.2) is 42.5 Å².